The highest BCUT2D eigenvalue weighted by Gasteiger charge is 2.31. The molecule has 0 bridgehead atoms. The molecule has 0 saturated carbocycles. The third kappa shape index (κ3) is 2.72. The third-order valence-electron chi connectivity index (χ3n) is 4.58. The van der Waals surface area contributed by atoms with E-state index >= 15 is 0 Å². The highest BCUT2D eigenvalue weighted by atomic mass is 16.5. The molecule has 1 aliphatic carbocycles. The van der Waals surface area contributed by atoms with Crippen LogP contribution in [-0.4, -0.2) is 48.9 Å². The lowest BCUT2D eigenvalue weighted by molar-refractivity contribution is 0.0303. The topological polar surface area (TPSA) is 97.0 Å². The van der Waals surface area contributed by atoms with E-state index in [0.29, 0.717) is 37.6 Å². The number of hydrogen-bond acceptors (Lipinski definition) is 4. The lowest BCUT2D eigenvalue weighted by Crippen LogP contribution is -2.40. The van der Waals surface area contributed by atoms with Gasteiger partial charge in [-0.25, -0.2) is 10.2 Å². The number of nitrogens with zero attached hydrogens (tertiary/aromatic N) is 2. The molecule has 0 unspecified atom stereocenters. The van der Waals surface area contributed by atoms with Gasteiger partial charge >= 0.3 is 6.03 Å². The maximum atomic E-state index is 13.1. The number of hydrogen-bond donors (Lipinski definition) is 2. The number of urea groups is 1. The summed E-state index contributed by atoms with van der Waals surface area (Å²) in [5, 5.41) is 4.17. The van der Waals surface area contributed by atoms with Crippen LogP contribution < -0.4 is 11.2 Å². The number of rotatable bonds is 2. The molecular formula is C19H18N4O3. The first-order chi connectivity index (χ1) is 12.7. The molecule has 4 rings (SSSR count). The largest absolute Gasteiger partial charge is 0.378 e. The van der Waals surface area contributed by atoms with Crippen LogP contribution in [0, 0.1) is 0 Å². The zero-order valence-electron chi connectivity index (χ0n) is 14.1. The van der Waals surface area contributed by atoms with Gasteiger partial charge < -0.3 is 15.4 Å². The maximum absolute atomic E-state index is 13.1. The Kier molecular flexibility index (Phi) is 4.14. The molecule has 1 fully saturated rings. The number of benzene rings is 2. The maximum Gasteiger partial charge on any atom is 0.332 e. The second-order valence-corrected chi connectivity index (χ2v) is 6.11. The van der Waals surface area contributed by atoms with Gasteiger partial charge in [-0.05, 0) is 11.6 Å². The molecule has 0 aromatic heterocycles. The normalized spacial score (nSPS) is 16.9. The fourth-order valence-corrected chi connectivity index (χ4v) is 3.44. The quantitative estimate of drug-likeness (QED) is 0.686. The molecule has 2 aromatic carbocycles. The molecule has 7 heteroatoms. The fraction of sp³-hybridized carbons (Fsp3) is 0.211. The van der Waals surface area contributed by atoms with E-state index in [1.807, 2.05) is 42.5 Å². The van der Waals surface area contributed by atoms with Crippen LogP contribution in [0.1, 0.15) is 21.5 Å². The number of nitrogens with one attached hydrogen (secondary N) is 1. The lowest BCUT2D eigenvalue weighted by Gasteiger charge is -2.27. The number of morpholine rings is 1. The Balaban J connectivity index is 1.84. The molecule has 132 valence electrons. The van der Waals surface area contributed by atoms with Gasteiger partial charge in [0.1, 0.15) is 0 Å². The monoisotopic (exact) mass is 350 g/mol. The number of ether oxygens (including phenoxy) is 1. The predicted octanol–water partition coefficient (Wildman–Crippen LogP) is 1.56. The van der Waals surface area contributed by atoms with Gasteiger partial charge in [0.2, 0.25) is 0 Å². The smallest absolute Gasteiger partial charge is 0.332 e. The van der Waals surface area contributed by atoms with Crippen LogP contribution in [0.2, 0.25) is 0 Å². The number of fused-ring (bicyclic) bond motifs is 3. The van der Waals surface area contributed by atoms with Gasteiger partial charge in [-0.15, -0.1) is 0 Å². The molecule has 1 aliphatic heterocycles. The van der Waals surface area contributed by atoms with E-state index < -0.39 is 6.03 Å². The second-order valence-electron chi connectivity index (χ2n) is 6.11. The lowest BCUT2D eigenvalue weighted by atomic mass is 9.98. The summed E-state index contributed by atoms with van der Waals surface area (Å²) in [4.78, 5) is 26.0. The minimum Gasteiger partial charge on any atom is -0.378 e. The van der Waals surface area contributed by atoms with Crippen LogP contribution in [0.4, 0.5) is 4.79 Å². The van der Waals surface area contributed by atoms with Gasteiger partial charge in [0.15, 0.2) is 0 Å². The molecule has 2 aliphatic rings. The molecule has 26 heavy (non-hydrogen) atoms. The van der Waals surface area contributed by atoms with Gasteiger partial charge in [0.25, 0.3) is 5.91 Å². The molecule has 2 aromatic rings. The standard InChI is InChI=1S/C19H18N4O3/c20-19(25)22-21-17-13-5-2-1-4-12(13)16-14(17)6-3-7-15(16)18(24)23-8-10-26-11-9-23/h1-7H,8-11H2,(H3,20,22,25)/b21-17-. The van der Waals surface area contributed by atoms with Crippen molar-refractivity contribution in [3.05, 3.63) is 59.2 Å². The minimum absolute atomic E-state index is 0.0240. The molecule has 7 nitrogen and oxygen atoms in total. The first-order valence-electron chi connectivity index (χ1n) is 8.40. The van der Waals surface area contributed by atoms with E-state index in [4.69, 9.17) is 10.5 Å². The van der Waals surface area contributed by atoms with Gasteiger partial charge in [0.05, 0.1) is 18.9 Å². The van der Waals surface area contributed by atoms with Crippen molar-refractivity contribution >= 4 is 17.6 Å². The molecule has 0 radical (unpaired) electrons. The molecule has 1 saturated heterocycles. The van der Waals surface area contributed by atoms with Gasteiger partial charge in [-0.1, -0.05) is 36.4 Å². The van der Waals surface area contributed by atoms with E-state index in [9.17, 15) is 9.59 Å². The summed E-state index contributed by atoms with van der Waals surface area (Å²) < 4.78 is 5.34. The Labute approximate surface area is 150 Å². The second kappa shape index (κ2) is 6.61. The van der Waals surface area contributed by atoms with Crippen LogP contribution in [0.5, 0.6) is 0 Å². The number of hydrazone groups is 1. The van der Waals surface area contributed by atoms with E-state index in [2.05, 4.69) is 10.5 Å². The van der Waals surface area contributed by atoms with Crippen molar-refractivity contribution < 1.29 is 14.3 Å². The van der Waals surface area contributed by atoms with Crippen LogP contribution in [-0.2, 0) is 4.74 Å². The SMILES string of the molecule is NC(=O)N/N=C1/c2ccccc2-c2c(C(=O)N3CCOCC3)cccc21. The Morgan fingerprint density at radius 3 is 2.42 bits per heavy atom. The first kappa shape index (κ1) is 16.3. The van der Waals surface area contributed by atoms with Gasteiger partial charge in [0, 0.05) is 35.3 Å². The Hall–Kier alpha value is -3.19. The fourth-order valence-electron chi connectivity index (χ4n) is 3.44. The Morgan fingerprint density at radius 1 is 1.00 bits per heavy atom. The number of primary amides is 1. The van der Waals surface area contributed by atoms with E-state index in [-0.39, 0.29) is 5.91 Å². The van der Waals surface area contributed by atoms with Crippen molar-refractivity contribution in [3.63, 3.8) is 0 Å². The summed E-state index contributed by atoms with van der Waals surface area (Å²) in [7, 11) is 0. The number of amides is 3. The summed E-state index contributed by atoms with van der Waals surface area (Å²) >= 11 is 0. The molecule has 3 N–H and O–H groups in total. The summed E-state index contributed by atoms with van der Waals surface area (Å²) in [6.45, 7) is 2.25. The summed E-state index contributed by atoms with van der Waals surface area (Å²) in [5.74, 6) is -0.0240. The zero-order chi connectivity index (χ0) is 18.1. The number of nitrogens with two attached hydrogens (primary N) is 1. The number of carbonyl (C=O) groups is 2. The van der Waals surface area contributed by atoms with Crippen molar-refractivity contribution in [1.29, 1.82) is 0 Å². The van der Waals surface area contributed by atoms with E-state index in [1.54, 1.807) is 4.90 Å². The van der Waals surface area contributed by atoms with Crippen molar-refractivity contribution in [2.75, 3.05) is 26.3 Å². The van der Waals surface area contributed by atoms with Crippen molar-refractivity contribution in [3.8, 4) is 11.1 Å². The van der Waals surface area contributed by atoms with Gasteiger partial charge in [-0.2, -0.15) is 5.10 Å². The van der Waals surface area contributed by atoms with Crippen molar-refractivity contribution in [2.24, 2.45) is 10.8 Å². The average Bonchev–Trinajstić information content (AvgIpc) is 3.00. The molecule has 0 spiro atoms. The van der Waals surface area contributed by atoms with E-state index in [0.717, 1.165) is 22.3 Å². The number of carbonyl (C=O) groups excluding carboxylic acids is 2. The van der Waals surface area contributed by atoms with Crippen LogP contribution in [0.3, 0.4) is 0 Å². The molecule has 1 heterocycles. The summed E-state index contributed by atoms with van der Waals surface area (Å²) in [6.07, 6.45) is 0. The van der Waals surface area contributed by atoms with Crippen molar-refractivity contribution in [2.45, 2.75) is 0 Å². The average molecular weight is 350 g/mol. The highest BCUT2D eigenvalue weighted by molar-refractivity contribution is 6.27. The Bertz CT molecular complexity index is 917. The highest BCUT2D eigenvalue weighted by Crippen LogP contribution is 2.39. The Morgan fingerprint density at radius 2 is 1.69 bits per heavy atom. The van der Waals surface area contributed by atoms with Gasteiger partial charge in [-0.3, -0.25) is 4.79 Å². The first-order valence-corrected chi connectivity index (χ1v) is 8.40. The van der Waals surface area contributed by atoms with E-state index in [1.165, 1.54) is 0 Å². The summed E-state index contributed by atoms with van der Waals surface area (Å²) in [5.41, 5.74) is 12.1. The van der Waals surface area contributed by atoms with Crippen LogP contribution >= 0.6 is 0 Å². The summed E-state index contributed by atoms with van der Waals surface area (Å²) in [6, 6.07) is 12.5. The molecular weight excluding hydrogens is 332 g/mol. The van der Waals surface area contributed by atoms with Crippen LogP contribution in [0.15, 0.2) is 47.6 Å². The van der Waals surface area contributed by atoms with Crippen molar-refractivity contribution in [1.82, 2.24) is 10.3 Å². The minimum atomic E-state index is -0.732. The third-order valence-corrected chi connectivity index (χ3v) is 4.58. The predicted molar refractivity (Wildman–Crippen MR) is 97.0 cm³/mol. The molecule has 3 amide bonds. The molecule has 0 atom stereocenters. The van der Waals surface area contributed by atoms with Crippen LogP contribution in [0.25, 0.3) is 11.1 Å². The zero-order valence-corrected chi connectivity index (χ0v) is 14.1.